The molecule has 0 spiro atoms. The second-order valence-corrected chi connectivity index (χ2v) is 8.17. The summed E-state index contributed by atoms with van der Waals surface area (Å²) in [6.07, 6.45) is 3.52. The summed E-state index contributed by atoms with van der Waals surface area (Å²) in [7, 11) is 4.01. The third-order valence-electron chi connectivity index (χ3n) is 3.41. The van der Waals surface area contributed by atoms with Crippen LogP contribution in [0.1, 0.15) is 4.88 Å². The van der Waals surface area contributed by atoms with Crippen LogP contribution in [0.15, 0.2) is 40.4 Å². The Labute approximate surface area is 152 Å². The normalized spacial score (nSPS) is 11.3. The highest BCUT2D eigenvalue weighted by molar-refractivity contribution is 9.11. The molecule has 0 radical (unpaired) electrons. The van der Waals surface area contributed by atoms with Gasteiger partial charge in [-0.25, -0.2) is 4.68 Å². The van der Waals surface area contributed by atoms with Crippen molar-refractivity contribution in [3.05, 3.63) is 50.1 Å². The molecule has 0 aliphatic rings. The van der Waals surface area contributed by atoms with E-state index in [1.54, 1.807) is 23.7 Å². The Kier molecular flexibility index (Phi) is 5.05. The quantitative estimate of drug-likeness (QED) is 0.598. The summed E-state index contributed by atoms with van der Waals surface area (Å²) in [4.78, 5) is 7.54. The molecule has 0 bridgehead atoms. The first kappa shape index (κ1) is 16.5. The molecular weight excluding hydrogens is 394 g/mol. The Bertz CT molecular complexity index is 852. The van der Waals surface area contributed by atoms with Crippen molar-refractivity contribution in [2.45, 2.75) is 13.2 Å². The molecule has 3 heterocycles. The Hall–Kier alpha value is -1.35. The maximum atomic E-state index is 5.52. The highest BCUT2D eigenvalue weighted by Gasteiger charge is 2.11. The van der Waals surface area contributed by atoms with E-state index >= 15 is 0 Å². The Morgan fingerprint density at radius 1 is 1.26 bits per heavy atom. The third-order valence-corrected chi connectivity index (χ3v) is 5.50. The van der Waals surface area contributed by atoms with Crippen LogP contribution < -0.4 is 0 Å². The molecule has 0 saturated heterocycles. The zero-order chi connectivity index (χ0) is 16.4. The minimum absolute atomic E-state index is 0.646. The van der Waals surface area contributed by atoms with Gasteiger partial charge in [0.05, 0.1) is 10.5 Å². The summed E-state index contributed by atoms with van der Waals surface area (Å²) in [6, 6.07) is 8.08. The van der Waals surface area contributed by atoms with Gasteiger partial charge in [-0.2, -0.15) is 5.10 Å². The van der Waals surface area contributed by atoms with Crippen LogP contribution in [0.4, 0.5) is 0 Å². The zero-order valence-electron chi connectivity index (χ0n) is 12.8. The van der Waals surface area contributed by atoms with Gasteiger partial charge in [0.15, 0.2) is 10.6 Å². The standard InChI is InChI=1S/C15H16BrN5S2/c1-19(9-12-3-4-13(16)23-12)10-21-15(22)20(2)14(18-21)11-5-7-17-8-6-11/h3-8H,9-10H2,1-2H3. The average molecular weight is 410 g/mol. The molecule has 3 aromatic rings. The van der Waals surface area contributed by atoms with Gasteiger partial charge in [0.1, 0.15) is 0 Å². The molecule has 3 rings (SSSR count). The largest absolute Gasteiger partial charge is 0.303 e. The predicted octanol–water partition coefficient (Wildman–Crippen LogP) is 3.93. The predicted molar refractivity (Wildman–Crippen MR) is 98.7 cm³/mol. The fourth-order valence-corrected chi connectivity index (χ4v) is 4.06. The van der Waals surface area contributed by atoms with Crippen LogP contribution in [0.25, 0.3) is 11.4 Å². The average Bonchev–Trinajstić information content (AvgIpc) is 3.06. The molecule has 0 unspecified atom stereocenters. The lowest BCUT2D eigenvalue weighted by atomic mass is 10.2. The van der Waals surface area contributed by atoms with Gasteiger partial charge in [0.25, 0.3) is 0 Å². The number of thiophene rings is 1. The molecule has 3 aromatic heterocycles. The molecule has 0 N–H and O–H groups in total. The van der Waals surface area contributed by atoms with Crippen LogP contribution in [0, 0.1) is 4.77 Å². The molecule has 0 aromatic carbocycles. The van der Waals surface area contributed by atoms with Gasteiger partial charge in [-0.1, -0.05) is 0 Å². The van der Waals surface area contributed by atoms with Crippen LogP contribution >= 0.6 is 39.5 Å². The minimum Gasteiger partial charge on any atom is -0.303 e. The van der Waals surface area contributed by atoms with Crippen molar-refractivity contribution in [3.63, 3.8) is 0 Å². The number of pyridine rings is 1. The van der Waals surface area contributed by atoms with Gasteiger partial charge >= 0.3 is 0 Å². The molecule has 0 amide bonds. The molecule has 5 nitrogen and oxygen atoms in total. The topological polar surface area (TPSA) is 38.9 Å². The lowest BCUT2D eigenvalue weighted by Gasteiger charge is -2.15. The van der Waals surface area contributed by atoms with Gasteiger partial charge in [-0.3, -0.25) is 9.88 Å². The highest BCUT2D eigenvalue weighted by atomic mass is 79.9. The second kappa shape index (κ2) is 7.04. The zero-order valence-corrected chi connectivity index (χ0v) is 16.0. The molecule has 0 atom stereocenters. The maximum Gasteiger partial charge on any atom is 0.199 e. The monoisotopic (exact) mass is 409 g/mol. The van der Waals surface area contributed by atoms with Crippen LogP contribution in [-0.4, -0.2) is 31.3 Å². The van der Waals surface area contributed by atoms with E-state index in [1.807, 2.05) is 28.4 Å². The molecule has 8 heteroatoms. The van der Waals surface area contributed by atoms with Gasteiger partial charge in [0, 0.05) is 36.4 Å². The van der Waals surface area contributed by atoms with Crippen molar-refractivity contribution in [1.82, 2.24) is 24.2 Å². The van der Waals surface area contributed by atoms with Crippen molar-refractivity contribution in [2.75, 3.05) is 7.05 Å². The number of hydrogen-bond donors (Lipinski definition) is 0. The van der Waals surface area contributed by atoms with Crippen molar-refractivity contribution in [2.24, 2.45) is 7.05 Å². The summed E-state index contributed by atoms with van der Waals surface area (Å²) in [6.45, 7) is 1.51. The summed E-state index contributed by atoms with van der Waals surface area (Å²) < 4.78 is 5.64. The van der Waals surface area contributed by atoms with E-state index in [1.165, 1.54) is 4.88 Å². The van der Waals surface area contributed by atoms with E-state index in [9.17, 15) is 0 Å². The number of rotatable bonds is 5. The van der Waals surface area contributed by atoms with Crippen LogP contribution in [0.2, 0.25) is 0 Å². The number of hydrogen-bond acceptors (Lipinski definition) is 5. The van der Waals surface area contributed by atoms with Crippen molar-refractivity contribution >= 4 is 39.5 Å². The van der Waals surface area contributed by atoms with Gasteiger partial charge in [0.2, 0.25) is 0 Å². The Morgan fingerprint density at radius 3 is 2.65 bits per heavy atom. The molecule has 23 heavy (non-hydrogen) atoms. The third kappa shape index (κ3) is 3.77. The SMILES string of the molecule is CN(Cc1ccc(Br)s1)Cn1nc(-c2ccncc2)n(C)c1=S. The van der Waals surface area contributed by atoms with Gasteiger partial charge in [-0.05, 0) is 59.5 Å². The van der Waals surface area contributed by atoms with E-state index in [0.717, 1.165) is 21.7 Å². The van der Waals surface area contributed by atoms with Crippen molar-refractivity contribution in [3.8, 4) is 11.4 Å². The first-order valence-corrected chi connectivity index (χ1v) is 9.03. The summed E-state index contributed by atoms with van der Waals surface area (Å²) in [5.74, 6) is 0.852. The smallest absolute Gasteiger partial charge is 0.199 e. The van der Waals surface area contributed by atoms with E-state index in [0.29, 0.717) is 11.4 Å². The minimum atomic E-state index is 0.646. The van der Waals surface area contributed by atoms with E-state index < -0.39 is 0 Å². The van der Waals surface area contributed by atoms with E-state index in [-0.39, 0.29) is 0 Å². The Balaban J connectivity index is 1.79. The van der Waals surface area contributed by atoms with E-state index in [2.05, 4.69) is 50.1 Å². The lowest BCUT2D eigenvalue weighted by molar-refractivity contribution is 0.246. The fourth-order valence-electron chi connectivity index (χ4n) is 2.31. The van der Waals surface area contributed by atoms with E-state index in [4.69, 9.17) is 12.2 Å². The summed E-state index contributed by atoms with van der Waals surface area (Å²) >= 11 is 10.8. The Morgan fingerprint density at radius 2 is 2.00 bits per heavy atom. The number of nitrogens with zero attached hydrogens (tertiary/aromatic N) is 5. The fraction of sp³-hybridized carbons (Fsp3) is 0.267. The first-order chi connectivity index (χ1) is 11.0. The molecule has 0 aliphatic heterocycles. The molecular formula is C15H16BrN5S2. The molecule has 0 aliphatic carbocycles. The first-order valence-electron chi connectivity index (χ1n) is 7.01. The van der Waals surface area contributed by atoms with Crippen LogP contribution in [0.3, 0.4) is 0 Å². The second-order valence-electron chi connectivity index (χ2n) is 5.26. The summed E-state index contributed by atoms with van der Waals surface area (Å²) in [5.41, 5.74) is 1.01. The molecule has 0 saturated carbocycles. The molecule has 0 fully saturated rings. The molecule has 120 valence electrons. The van der Waals surface area contributed by atoms with Crippen molar-refractivity contribution < 1.29 is 0 Å². The highest BCUT2D eigenvalue weighted by Crippen LogP contribution is 2.23. The summed E-state index contributed by atoms with van der Waals surface area (Å²) in [5, 5.41) is 4.67. The number of aromatic nitrogens is 4. The van der Waals surface area contributed by atoms with Crippen LogP contribution in [-0.2, 0) is 20.3 Å². The van der Waals surface area contributed by atoms with Gasteiger partial charge in [-0.15, -0.1) is 11.3 Å². The lowest BCUT2D eigenvalue weighted by Crippen LogP contribution is -2.22. The van der Waals surface area contributed by atoms with Crippen molar-refractivity contribution in [1.29, 1.82) is 0 Å². The number of halogens is 1. The van der Waals surface area contributed by atoms with Gasteiger partial charge < -0.3 is 4.57 Å². The maximum absolute atomic E-state index is 5.52. The van der Waals surface area contributed by atoms with Crippen LogP contribution in [0.5, 0.6) is 0 Å².